The lowest BCUT2D eigenvalue weighted by molar-refractivity contribution is -0.140. The second kappa shape index (κ2) is 8.27. The fourth-order valence-electron chi connectivity index (χ4n) is 3.28. The molecule has 2 aromatic rings. The third-order valence-corrected chi connectivity index (χ3v) is 6.87. The minimum atomic E-state index is -4.12. The quantitative estimate of drug-likeness (QED) is 0.746. The molecular formula is C21H23N3O5S. The van der Waals surface area contributed by atoms with Gasteiger partial charge >= 0.3 is 0 Å². The van der Waals surface area contributed by atoms with E-state index in [0.29, 0.717) is 4.31 Å². The summed E-state index contributed by atoms with van der Waals surface area (Å²) in [5.41, 5.74) is 1.86. The molecule has 1 aliphatic heterocycles. The smallest absolute Gasteiger partial charge is 0.269 e. The summed E-state index contributed by atoms with van der Waals surface area (Å²) in [6, 6.07) is 12.4. The van der Waals surface area contributed by atoms with E-state index < -0.39 is 40.3 Å². The molecule has 0 bridgehead atoms. The number of amides is 3. The molecule has 0 fully saturated rings. The minimum Gasteiger partial charge on any atom is -0.357 e. The van der Waals surface area contributed by atoms with Gasteiger partial charge in [-0.15, -0.1) is 0 Å². The Bertz CT molecular complexity index is 1100. The van der Waals surface area contributed by atoms with E-state index in [1.165, 1.54) is 30.1 Å². The first-order valence-corrected chi connectivity index (χ1v) is 10.8. The standard InChI is InChI=1S/C21H23N3O5S/c1-14-8-10-16(11-9-14)12-23(15(2)20(26)22-3)19(25)13-24-21(27)17-6-4-5-7-18(17)30(24,28)29/h4-11,15H,12-13H2,1-3H3,(H,22,26). The van der Waals surface area contributed by atoms with Crippen molar-refractivity contribution < 1.29 is 22.8 Å². The van der Waals surface area contributed by atoms with Crippen LogP contribution in [0.5, 0.6) is 0 Å². The summed E-state index contributed by atoms with van der Waals surface area (Å²) in [6.45, 7) is 2.91. The molecule has 1 aliphatic rings. The molecule has 3 amide bonds. The van der Waals surface area contributed by atoms with E-state index >= 15 is 0 Å². The van der Waals surface area contributed by atoms with Crippen LogP contribution in [0.25, 0.3) is 0 Å². The normalized spacial score (nSPS) is 15.4. The van der Waals surface area contributed by atoms with E-state index in [-0.39, 0.29) is 17.0 Å². The number of rotatable bonds is 6. The number of likely N-dealkylation sites (N-methyl/N-ethyl adjacent to an activating group) is 1. The van der Waals surface area contributed by atoms with Crippen molar-refractivity contribution in [2.45, 2.75) is 31.3 Å². The molecular weight excluding hydrogens is 406 g/mol. The van der Waals surface area contributed by atoms with Crippen molar-refractivity contribution in [1.82, 2.24) is 14.5 Å². The van der Waals surface area contributed by atoms with E-state index in [0.717, 1.165) is 11.1 Å². The number of nitrogens with one attached hydrogen (secondary N) is 1. The van der Waals surface area contributed by atoms with Gasteiger partial charge in [0.05, 0.1) is 5.56 Å². The van der Waals surface area contributed by atoms with Crippen LogP contribution in [-0.2, 0) is 26.2 Å². The molecule has 30 heavy (non-hydrogen) atoms. The maximum atomic E-state index is 13.1. The van der Waals surface area contributed by atoms with Gasteiger partial charge in [-0.3, -0.25) is 14.4 Å². The highest BCUT2D eigenvalue weighted by atomic mass is 32.2. The summed E-state index contributed by atoms with van der Waals surface area (Å²) in [5, 5.41) is 2.50. The Labute approximate surface area is 175 Å². The van der Waals surface area contributed by atoms with Gasteiger partial charge in [0, 0.05) is 13.6 Å². The van der Waals surface area contributed by atoms with Crippen LogP contribution < -0.4 is 5.32 Å². The number of hydrogen-bond donors (Lipinski definition) is 1. The number of aryl methyl sites for hydroxylation is 1. The molecule has 3 rings (SSSR count). The predicted octanol–water partition coefficient (Wildman–Crippen LogP) is 1.30. The minimum absolute atomic E-state index is 0.0368. The molecule has 1 unspecified atom stereocenters. The summed E-state index contributed by atoms with van der Waals surface area (Å²) >= 11 is 0. The first-order valence-electron chi connectivity index (χ1n) is 9.39. The molecule has 0 saturated carbocycles. The van der Waals surface area contributed by atoms with Crippen molar-refractivity contribution in [2.24, 2.45) is 0 Å². The summed E-state index contributed by atoms with van der Waals surface area (Å²) in [5.74, 6) is -1.78. The van der Waals surface area contributed by atoms with Crippen molar-refractivity contribution in [3.8, 4) is 0 Å². The molecule has 158 valence electrons. The van der Waals surface area contributed by atoms with Gasteiger partial charge in [0.2, 0.25) is 11.8 Å². The van der Waals surface area contributed by atoms with Gasteiger partial charge in [0.1, 0.15) is 17.5 Å². The van der Waals surface area contributed by atoms with Crippen molar-refractivity contribution in [1.29, 1.82) is 0 Å². The first kappa shape index (κ1) is 21.5. The fourth-order valence-corrected chi connectivity index (χ4v) is 4.80. The highest BCUT2D eigenvalue weighted by molar-refractivity contribution is 7.90. The molecule has 8 nitrogen and oxygen atoms in total. The topological polar surface area (TPSA) is 104 Å². The van der Waals surface area contributed by atoms with Crippen LogP contribution in [0.4, 0.5) is 0 Å². The summed E-state index contributed by atoms with van der Waals surface area (Å²) in [7, 11) is -2.66. The second-order valence-electron chi connectivity index (χ2n) is 7.11. The molecule has 1 N–H and O–H groups in total. The SMILES string of the molecule is CNC(=O)C(C)N(Cc1ccc(C)cc1)C(=O)CN1C(=O)c2ccccc2S1(=O)=O. The van der Waals surface area contributed by atoms with E-state index in [2.05, 4.69) is 5.32 Å². The average Bonchev–Trinajstić information content (AvgIpc) is 2.93. The molecule has 1 atom stereocenters. The van der Waals surface area contributed by atoms with E-state index in [4.69, 9.17) is 0 Å². The average molecular weight is 429 g/mol. The van der Waals surface area contributed by atoms with Gasteiger partial charge in [-0.25, -0.2) is 12.7 Å². The van der Waals surface area contributed by atoms with Crippen molar-refractivity contribution >= 4 is 27.7 Å². The van der Waals surface area contributed by atoms with E-state index in [9.17, 15) is 22.8 Å². The maximum Gasteiger partial charge on any atom is 0.269 e. The third kappa shape index (κ3) is 3.93. The fraction of sp³-hybridized carbons (Fsp3) is 0.286. The molecule has 1 heterocycles. The number of fused-ring (bicyclic) bond motifs is 1. The zero-order chi connectivity index (χ0) is 22.1. The summed E-state index contributed by atoms with van der Waals surface area (Å²) < 4.78 is 26.1. The molecule has 2 aromatic carbocycles. The Morgan fingerprint density at radius 1 is 1.10 bits per heavy atom. The lowest BCUT2D eigenvalue weighted by atomic mass is 10.1. The first-order chi connectivity index (χ1) is 14.2. The lowest BCUT2D eigenvalue weighted by Crippen LogP contribution is -2.50. The number of carbonyl (C=O) groups is 3. The van der Waals surface area contributed by atoms with E-state index in [1.807, 2.05) is 31.2 Å². The maximum absolute atomic E-state index is 13.1. The van der Waals surface area contributed by atoms with Crippen LogP contribution in [-0.4, -0.2) is 55.0 Å². The Balaban J connectivity index is 1.89. The Morgan fingerprint density at radius 2 is 1.73 bits per heavy atom. The summed E-state index contributed by atoms with van der Waals surface area (Å²) in [4.78, 5) is 39.1. The van der Waals surface area contributed by atoms with E-state index in [1.54, 1.807) is 13.0 Å². The highest BCUT2D eigenvalue weighted by Gasteiger charge is 2.43. The lowest BCUT2D eigenvalue weighted by Gasteiger charge is -2.29. The number of carbonyl (C=O) groups excluding carboxylic acids is 3. The van der Waals surface area contributed by atoms with Crippen LogP contribution >= 0.6 is 0 Å². The zero-order valence-electron chi connectivity index (χ0n) is 17.0. The van der Waals surface area contributed by atoms with Crippen LogP contribution in [0.15, 0.2) is 53.4 Å². The van der Waals surface area contributed by atoms with Crippen molar-refractivity contribution in [3.05, 3.63) is 65.2 Å². The Kier molecular flexibility index (Phi) is 5.93. The number of hydrogen-bond acceptors (Lipinski definition) is 5. The number of benzene rings is 2. The zero-order valence-corrected chi connectivity index (χ0v) is 17.8. The van der Waals surface area contributed by atoms with Gasteiger partial charge in [0.15, 0.2) is 0 Å². The third-order valence-electron chi connectivity index (χ3n) is 5.08. The second-order valence-corrected chi connectivity index (χ2v) is 8.94. The largest absolute Gasteiger partial charge is 0.357 e. The number of nitrogens with zero attached hydrogens (tertiary/aromatic N) is 2. The molecule has 0 spiro atoms. The van der Waals surface area contributed by atoms with Crippen molar-refractivity contribution in [2.75, 3.05) is 13.6 Å². The van der Waals surface area contributed by atoms with Crippen LogP contribution in [0.2, 0.25) is 0 Å². The monoisotopic (exact) mass is 429 g/mol. The van der Waals surface area contributed by atoms with Gasteiger partial charge in [-0.2, -0.15) is 0 Å². The number of sulfonamides is 1. The van der Waals surface area contributed by atoms with Crippen LogP contribution in [0.3, 0.4) is 0 Å². The molecule has 0 radical (unpaired) electrons. The molecule has 0 aromatic heterocycles. The van der Waals surface area contributed by atoms with Crippen LogP contribution in [0, 0.1) is 6.92 Å². The van der Waals surface area contributed by atoms with Gasteiger partial charge in [-0.05, 0) is 31.5 Å². The molecule has 0 aliphatic carbocycles. The van der Waals surface area contributed by atoms with Gasteiger partial charge in [0.25, 0.3) is 15.9 Å². The van der Waals surface area contributed by atoms with Crippen LogP contribution in [0.1, 0.15) is 28.4 Å². The molecule has 0 saturated heterocycles. The Hall–Kier alpha value is -3.20. The predicted molar refractivity (Wildman–Crippen MR) is 110 cm³/mol. The van der Waals surface area contributed by atoms with Gasteiger partial charge in [-0.1, -0.05) is 42.0 Å². The molecule has 9 heteroatoms. The Morgan fingerprint density at radius 3 is 2.33 bits per heavy atom. The van der Waals surface area contributed by atoms with Crippen molar-refractivity contribution in [3.63, 3.8) is 0 Å². The highest BCUT2D eigenvalue weighted by Crippen LogP contribution is 2.30. The van der Waals surface area contributed by atoms with Gasteiger partial charge < -0.3 is 10.2 Å². The summed E-state index contributed by atoms with van der Waals surface area (Å²) in [6.07, 6.45) is 0.